The highest BCUT2D eigenvalue weighted by Crippen LogP contribution is 2.22. The Morgan fingerprint density at radius 1 is 0.902 bits per heavy atom. The number of hydrogen-bond acceptors (Lipinski definition) is 10. The number of halogens is 1. The van der Waals surface area contributed by atoms with Crippen molar-refractivity contribution in [1.82, 2.24) is 20.3 Å². The molecule has 11 nitrogen and oxygen atoms in total. The molecule has 0 spiro atoms. The van der Waals surface area contributed by atoms with Crippen LogP contribution in [0, 0.1) is 0 Å². The van der Waals surface area contributed by atoms with E-state index in [2.05, 4.69) is 36.2 Å². The van der Waals surface area contributed by atoms with Crippen LogP contribution in [-0.4, -0.2) is 66.4 Å². The highest BCUT2D eigenvalue weighted by atomic mass is 35.5. The van der Waals surface area contributed by atoms with Gasteiger partial charge in [-0.3, -0.25) is 4.79 Å². The first-order valence-electron chi connectivity index (χ1n) is 14.1. The van der Waals surface area contributed by atoms with Crippen LogP contribution in [-0.2, 0) is 16.0 Å². The summed E-state index contributed by atoms with van der Waals surface area (Å²) in [5.74, 6) is 1.13. The third-order valence-electron chi connectivity index (χ3n) is 6.48. The highest BCUT2D eigenvalue weighted by molar-refractivity contribution is 6.30. The van der Waals surface area contributed by atoms with Gasteiger partial charge in [0.05, 0.1) is 26.4 Å². The predicted molar refractivity (Wildman–Crippen MR) is 162 cm³/mol. The number of ether oxygens (including phenoxy) is 2. The number of rotatable bonds is 16. The summed E-state index contributed by atoms with van der Waals surface area (Å²) in [5, 5.41) is 13.6. The number of benzene rings is 2. The number of hydrogen-bond donors (Lipinski definition) is 5. The number of nitrogens with zero attached hydrogens (tertiary/aromatic N) is 3. The number of amides is 1. The minimum atomic E-state index is -0.197. The molecule has 1 aliphatic carbocycles. The molecule has 0 unspecified atom stereocenters. The SMILES string of the molecule is NCCOCCOCCNC(=O)c1cccc(Nc2nc(NCc3ccc(Cl)cc3)nc(NC3CCCCC3)n2)c1. The normalized spacial score (nSPS) is 13.5. The average Bonchev–Trinajstić information content (AvgIpc) is 2.99. The molecule has 0 bridgehead atoms. The molecule has 41 heavy (non-hydrogen) atoms. The lowest BCUT2D eigenvalue weighted by Crippen LogP contribution is -2.27. The van der Waals surface area contributed by atoms with Gasteiger partial charge in [-0.15, -0.1) is 0 Å². The first-order valence-corrected chi connectivity index (χ1v) is 14.5. The van der Waals surface area contributed by atoms with Crippen molar-refractivity contribution in [3.8, 4) is 0 Å². The van der Waals surface area contributed by atoms with Crippen LogP contribution in [0.3, 0.4) is 0 Å². The molecule has 220 valence electrons. The van der Waals surface area contributed by atoms with E-state index in [0.717, 1.165) is 18.4 Å². The first-order chi connectivity index (χ1) is 20.1. The molecule has 12 heteroatoms. The Labute approximate surface area is 246 Å². The maximum Gasteiger partial charge on any atom is 0.251 e. The summed E-state index contributed by atoms with van der Waals surface area (Å²) < 4.78 is 10.7. The summed E-state index contributed by atoms with van der Waals surface area (Å²) in [4.78, 5) is 26.5. The zero-order valence-electron chi connectivity index (χ0n) is 23.2. The smallest absolute Gasteiger partial charge is 0.251 e. The van der Waals surface area contributed by atoms with Crippen LogP contribution in [0.25, 0.3) is 0 Å². The van der Waals surface area contributed by atoms with Crippen LogP contribution < -0.4 is 27.0 Å². The molecule has 0 aliphatic heterocycles. The Kier molecular flexibility index (Phi) is 12.4. The minimum absolute atomic E-state index is 0.197. The van der Waals surface area contributed by atoms with Crippen LogP contribution in [0.1, 0.15) is 48.0 Å². The maximum atomic E-state index is 12.7. The number of carbonyl (C=O) groups excluding carboxylic acids is 1. The maximum absolute atomic E-state index is 12.7. The van der Waals surface area contributed by atoms with E-state index in [1.165, 1.54) is 19.3 Å². The van der Waals surface area contributed by atoms with Gasteiger partial charge >= 0.3 is 0 Å². The van der Waals surface area contributed by atoms with E-state index in [9.17, 15) is 4.79 Å². The lowest BCUT2D eigenvalue weighted by atomic mass is 9.96. The van der Waals surface area contributed by atoms with Gasteiger partial charge in [0.2, 0.25) is 17.8 Å². The van der Waals surface area contributed by atoms with Crippen LogP contribution in [0.4, 0.5) is 23.5 Å². The number of carbonyl (C=O) groups is 1. The molecule has 2 aromatic carbocycles. The third kappa shape index (κ3) is 10.8. The fourth-order valence-corrected chi connectivity index (χ4v) is 4.53. The van der Waals surface area contributed by atoms with Crippen molar-refractivity contribution in [2.45, 2.75) is 44.7 Å². The van der Waals surface area contributed by atoms with E-state index in [4.69, 9.17) is 26.8 Å². The molecule has 0 atom stereocenters. The Morgan fingerprint density at radius 3 is 2.41 bits per heavy atom. The topological polar surface area (TPSA) is 148 Å². The fraction of sp³-hybridized carbons (Fsp3) is 0.448. The lowest BCUT2D eigenvalue weighted by Gasteiger charge is -2.23. The zero-order chi connectivity index (χ0) is 28.7. The lowest BCUT2D eigenvalue weighted by molar-refractivity contribution is 0.0511. The Balaban J connectivity index is 1.37. The minimum Gasteiger partial charge on any atom is -0.378 e. The van der Waals surface area contributed by atoms with E-state index < -0.39 is 0 Å². The van der Waals surface area contributed by atoms with E-state index in [1.807, 2.05) is 36.4 Å². The Hall–Kier alpha value is -3.51. The van der Waals surface area contributed by atoms with Crippen molar-refractivity contribution in [1.29, 1.82) is 0 Å². The third-order valence-corrected chi connectivity index (χ3v) is 6.74. The molecule has 1 aliphatic rings. The summed E-state index contributed by atoms with van der Waals surface area (Å²) >= 11 is 6.02. The number of nitrogens with one attached hydrogen (secondary N) is 4. The van der Waals surface area contributed by atoms with Crippen LogP contribution in [0.5, 0.6) is 0 Å². The monoisotopic (exact) mass is 582 g/mol. The number of nitrogens with two attached hydrogens (primary N) is 1. The summed E-state index contributed by atoms with van der Waals surface area (Å²) in [5.41, 5.74) is 7.63. The quantitative estimate of drug-likeness (QED) is 0.154. The summed E-state index contributed by atoms with van der Waals surface area (Å²) in [6, 6.07) is 15.1. The van der Waals surface area contributed by atoms with Crippen molar-refractivity contribution in [3.63, 3.8) is 0 Å². The van der Waals surface area contributed by atoms with Crippen molar-refractivity contribution in [2.75, 3.05) is 55.5 Å². The molecule has 3 aromatic rings. The molecule has 0 saturated heterocycles. The average molecular weight is 583 g/mol. The first kappa shape index (κ1) is 30.4. The Morgan fingerprint density at radius 2 is 1.63 bits per heavy atom. The molecular formula is C29H39ClN8O3. The molecule has 6 N–H and O–H groups in total. The van der Waals surface area contributed by atoms with Gasteiger partial charge in [-0.25, -0.2) is 0 Å². The van der Waals surface area contributed by atoms with Crippen molar-refractivity contribution < 1.29 is 14.3 Å². The number of anilines is 4. The molecule has 1 amide bonds. The van der Waals surface area contributed by atoms with Crippen molar-refractivity contribution >= 4 is 41.0 Å². The van der Waals surface area contributed by atoms with Gasteiger partial charge in [0.1, 0.15) is 0 Å². The van der Waals surface area contributed by atoms with Gasteiger partial charge < -0.3 is 36.5 Å². The van der Waals surface area contributed by atoms with Gasteiger partial charge in [-0.05, 0) is 48.7 Å². The summed E-state index contributed by atoms with van der Waals surface area (Å²) in [6.45, 7) is 3.24. The standard InChI is InChI=1S/C29H39ClN8O3/c30-23-11-9-21(10-12-23)20-33-27-36-28(34-24-6-2-1-3-7-24)38-29(37-27)35-25-8-4-5-22(19-25)26(39)32-14-16-41-18-17-40-15-13-31/h4-5,8-12,19,24H,1-3,6-7,13-18,20,31H2,(H,32,39)(H3,33,34,35,36,37,38). The highest BCUT2D eigenvalue weighted by Gasteiger charge is 2.16. The van der Waals surface area contributed by atoms with Gasteiger partial charge in [0, 0.05) is 41.9 Å². The second-order valence-electron chi connectivity index (χ2n) is 9.74. The largest absolute Gasteiger partial charge is 0.378 e. The van der Waals surface area contributed by atoms with E-state index >= 15 is 0 Å². The van der Waals surface area contributed by atoms with Crippen LogP contribution >= 0.6 is 11.6 Å². The summed E-state index contributed by atoms with van der Waals surface area (Å²) in [7, 11) is 0. The second-order valence-corrected chi connectivity index (χ2v) is 10.2. The van der Waals surface area contributed by atoms with Crippen LogP contribution in [0.2, 0.25) is 5.02 Å². The van der Waals surface area contributed by atoms with Gasteiger partial charge in [0.15, 0.2) is 0 Å². The second kappa shape index (κ2) is 16.7. The fourth-order valence-electron chi connectivity index (χ4n) is 4.40. The van der Waals surface area contributed by atoms with Crippen LogP contribution in [0.15, 0.2) is 48.5 Å². The molecule has 1 fully saturated rings. The molecule has 0 radical (unpaired) electrons. The molecule has 1 saturated carbocycles. The van der Waals surface area contributed by atoms with E-state index in [-0.39, 0.29) is 5.91 Å². The molecular weight excluding hydrogens is 544 g/mol. The van der Waals surface area contributed by atoms with Gasteiger partial charge in [-0.2, -0.15) is 15.0 Å². The molecule has 1 heterocycles. The predicted octanol–water partition coefficient (Wildman–Crippen LogP) is 4.35. The molecule has 4 rings (SSSR count). The van der Waals surface area contributed by atoms with E-state index in [1.54, 1.807) is 12.1 Å². The zero-order valence-corrected chi connectivity index (χ0v) is 24.0. The number of aromatic nitrogens is 3. The van der Waals surface area contributed by atoms with Crippen molar-refractivity contribution in [2.24, 2.45) is 5.73 Å². The van der Waals surface area contributed by atoms with E-state index in [0.29, 0.717) is 86.2 Å². The van der Waals surface area contributed by atoms with Gasteiger partial charge in [0.25, 0.3) is 5.91 Å². The van der Waals surface area contributed by atoms with Crippen molar-refractivity contribution in [3.05, 3.63) is 64.7 Å². The summed E-state index contributed by atoms with van der Waals surface area (Å²) in [6.07, 6.45) is 5.83. The van der Waals surface area contributed by atoms with Gasteiger partial charge in [-0.1, -0.05) is 49.1 Å². The Bertz CT molecular complexity index is 1220. The molecule has 1 aromatic heterocycles.